The molecule has 1 atom stereocenters. The quantitative estimate of drug-likeness (QED) is 0.903. The molecule has 25 heavy (non-hydrogen) atoms. The molecular formula is C19H30N4O2. The van der Waals surface area contributed by atoms with E-state index >= 15 is 0 Å². The Bertz CT molecular complexity index is 620. The zero-order valence-electron chi connectivity index (χ0n) is 15.1. The van der Waals surface area contributed by atoms with Gasteiger partial charge in [0, 0.05) is 38.2 Å². The number of nitrogens with zero attached hydrogens (tertiary/aromatic N) is 3. The zero-order valence-corrected chi connectivity index (χ0v) is 15.1. The first-order valence-electron chi connectivity index (χ1n) is 9.94. The molecule has 0 bridgehead atoms. The van der Waals surface area contributed by atoms with Gasteiger partial charge in [0.05, 0.1) is 18.9 Å². The molecule has 2 saturated heterocycles. The maximum absolute atomic E-state index is 12.2. The van der Waals surface area contributed by atoms with Crippen molar-refractivity contribution >= 4 is 5.95 Å². The van der Waals surface area contributed by atoms with Crippen LogP contribution in [0.1, 0.15) is 50.1 Å². The summed E-state index contributed by atoms with van der Waals surface area (Å²) in [6, 6.07) is 1.72. The smallest absolute Gasteiger partial charge is 0.252 e. The molecule has 3 heterocycles. The second-order valence-corrected chi connectivity index (χ2v) is 7.84. The Kier molecular flexibility index (Phi) is 5.36. The molecule has 0 spiro atoms. The lowest BCUT2D eigenvalue weighted by Crippen LogP contribution is -2.40. The number of aromatic amines is 1. The minimum absolute atomic E-state index is 0.0283. The van der Waals surface area contributed by atoms with Gasteiger partial charge in [-0.3, -0.25) is 9.78 Å². The van der Waals surface area contributed by atoms with Crippen molar-refractivity contribution in [3.8, 4) is 0 Å². The standard InChI is InChI=1S/C19H30N4O2/c24-18-12-17(20-19(21-18)23-8-10-25-11-9-23)16-6-3-7-22(14-16)13-15-4-1-2-5-15/h12,15-16H,1-11,13-14H2,(H,20,21,24). The molecule has 1 unspecified atom stereocenters. The van der Waals surface area contributed by atoms with Crippen molar-refractivity contribution < 1.29 is 4.74 Å². The summed E-state index contributed by atoms with van der Waals surface area (Å²) in [5.41, 5.74) is 0.945. The van der Waals surface area contributed by atoms with Crippen molar-refractivity contribution in [1.29, 1.82) is 0 Å². The Labute approximate surface area is 149 Å². The lowest BCUT2D eigenvalue weighted by molar-refractivity contribution is 0.122. The highest BCUT2D eigenvalue weighted by molar-refractivity contribution is 5.31. The van der Waals surface area contributed by atoms with Crippen LogP contribution < -0.4 is 10.5 Å². The third-order valence-electron chi connectivity index (χ3n) is 5.97. The average Bonchev–Trinajstić information content (AvgIpc) is 3.15. The SMILES string of the molecule is O=c1cc(C2CCCN(CC3CCCC3)C2)nc(N2CCOCC2)[nH]1. The third kappa shape index (κ3) is 4.23. The molecule has 138 valence electrons. The van der Waals surface area contributed by atoms with Crippen LogP contribution in [0.25, 0.3) is 0 Å². The first kappa shape index (κ1) is 17.0. The largest absolute Gasteiger partial charge is 0.378 e. The summed E-state index contributed by atoms with van der Waals surface area (Å²) in [5.74, 6) is 1.99. The van der Waals surface area contributed by atoms with E-state index in [9.17, 15) is 4.79 Å². The maximum atomic E-state index is 12.2. The van der Waals surface area contributed by atoms with Crippen LogP contribution in [0.3, 0.4) is 0 Å². The van der Waals surface area contributed by atoms with E-state index in [1.807, 2.05) is 0 Å². The van der Waals surface area contributed by atoms with E-state index in [1.165, 1.54) is 45.2 Å². The van der Waals surface area contributed by atoms with Crippen LogP contribution in [-0.2, 0) is 4.74 Å². The molecule has 1 aromatic heterocycles. The molecule has 0 amide bonds. The van der Waals surface area contributed by atoms with Crippen LogP contribution in [0.5, 0.6) is 0 Å². The van der Waals surface area contributed by atoms with E-state index in [0.29, 0.717) is 19.1 Å². The van der Waals surface area contributed by atoms with E-state index in [2.05, 4.69) is 14.8 Å². The van der Waals surface area contributed by atoms with Crippen LogP contribution in [0.2, 0.25) is 0 Å². The fourth-order valence-electron chi connectivity index (χ4n) is 4.62. The Balaban J connectivity index is 1.46. The van der Waals surface area contributed by atoms with Gasteiger partial charge >= 0.3 is 0 Å². The molecule has 0 radical (unpaired) electrons. The molecule has 2 aliphatic heterocycles. The van der Waals surface area contributed by atoms with E-state index in [0.717, 1.165) is 43.6 Å². The number of hydrogen-bond acceptors (Lipinski definition) is 5. The number of ether oxygens (including phenoxy) is 1. The van der Waals surface area contributed by atoms with Crippen molar-refractivity contribution in [1.82, 2.24) is 14.9 Å². The molecule has 4 rings (SSSR count). The Hall–Kier alpha value is -1.40. The molecule has 3 aliphatic rings. The predicted molar refractivity (Wildman–Crippen MR) is 98.3 cm³/mol. The molecule has 6 heteroatoms. The fourth-order valence-corrected chi connectivity index (χ4v) is 4.62. The number of rotatable bonds is 4. The zero-order chi connectivity index (χ0) is 17.1. The van der Waals surface area contributed by atoms with Crippen LogP contribution >= 0.6 is 0 Å². The van der Waals surface area contributed by atoms with Crippen LogP contribution in [0.4, 0.5) is 5.95 Å². The van der Waals surface area contributed by atoms with Crippen LogP contribution in [0, 0.1) is 5.92 Å². The highest BCUT2D eigenvalue weighted by Crippen LogP contribution is 2.30. The molecule has 0 aromatic carbocycles. The number of piperidine rings is 1. The highest BCUT2D eigenvalue weighted by Gasteiger charge is 2.26. The minimum Gasteiger partial charge on any atom is -0.378 e. The van der Waals surface area contributed by atoms with Crippen molar-refractivity contribution in [3.63, 3.8) is 0 Å². The third-order valence-corrected chi connectivity index (χ3v) is 5.97. The van der Waals surface area contributed by atoms with Gasteiger partial charge in [-0.25, -0.2) is 4.98 Å². The number of hydrogen-bond donors (Lipinski definition) is 1. The molecule has 1 aliphatic carbocycles. The van der Waals surface area contributed by atoms with Gasteiger partial charge in [0.1, 0.15) is 0 Å². The molecule has 1 N–H and O–H groups in total. The Morgan fingerprint density at radius 1 is 1.12 bits per heavy atom. The summed E-state index contributed by atoms with van der Waals surface area (Å²) in [7, 11) is 0. The normalized spacial score (nSPS) is 26.2. The van der Waals surface area contributed by atoms with Gasteiger partial charge in [0.2, 0.25) is 5.95 Å². The van der Waals surface area contributed by atoms with Crippen molar-refractivity contribution in [2.45, 2.75) is 44.4 Å². The van der Waals surface area contributed by atoms with Crippen molar-refractivity contribution in [2.75, 3.05) is 50.8 Å². The summed E-state index contributed by atoms with van der Waals surface area (Å²) in [4.78, 5) is 24.7. The Morgan fingerprint density at radius 3 is 2.72 bits per heavy atom. The molecule has 3 fully saturated rings. The summed E-state index contributed by atoms with van der Waals surface area (Å²) in [5, 5.41) is 0. The van der Waals surface area contributed by atoms with Gasteiger partial charge in [-0.15, -0.1) is 0 Å². The Morgan fingerprint density at radius 2 is 1.92 bits per heavy atom. The average molecular weight is 346 g/mol. The van der Waals surface area contributed by atoms with Gasteiger partial charge in [-0.1, -0.05) is 12.8 Å². The number of aromatic nitrogens is 2. The van der Waals surface area contributed by atoms with E-state index in [-0.39, 0.29) is 5.56 Å². The first-order chi connectivity index (χ1) is 12.3. The van der Waals surface area contributed by atoms with Gasteiger partial charge in [0.15, 0.2) is 0 Å². The predicted octanol–water partition coefficient (Wildman–Crippen LogP) is 1.98. The van der Waals surface area contributed by atoms with Gasteiger partial charge < -0.3 is 14.5 Å². The first-order valence-corrected chi connectivity index (χ1v) is 9.94. The van der Waals surface area contributed by atoms with Gasteiger partial charge in [-0.05, 0) is 38.1 Å². The molecule has 6 nitrogen and oxygen atoms in total. The van der Waals surface area contributed by atoms with E-state index in [1.54, 1.807) is 6.07 Å². The second kappa shape index (κ2) is 7.87. The summed E-state index contributed by atoms with van der Waals surface area (Å²) in [6.45, 7) is 6.48. The summed E-state index contributed by atoms with van der Waals surface area (Å²) >= 11 is 0. The number of H-pyrrole nitrogens is 1. The lowest BCUT2D eigenvalue weighted by Gasteiger charge is -2.34. The molecule has 1 aromatic rings. The summed E-state index contributed by atoms with van der Waals surface area (Å²) < 4.78 is 5.41. The van der Waals surface area contributed by atoms with E-state index in [4.69, 9.17) is 9.72 Å². The molecular weight excluding hydrogens is 316 g/mol. The van der Waals surface area contributed by atoms with Gasteiger partial charge in [-0.2, -0.15) is 0 Å². The second-order valence-electron chi connectivity index (χ2n) is 7.84. The van der Waals surface area contributed by atoms with Crippen LogP contribution in [-0.4, -0.2) is 60.8 Å². The van der Waals surface area contributed by atoms with Crippen molar-refractivity contribution in [2.24, 2.45) is 5.92 Å². The number of morpholine rings is 1. The minimum atomic E-state index is -0.0283. The number of likely N-dealkylation sites (tertiary alicyclic amines) is 1. The van der Waals surface area contributed by atoms with Crippen molar-refractivity contribution in [3.05, 3.63) is 22.1 Å². The van der Waals surface area contributed by atoms with E-state index < -0.39 is 0 Å². The monoisotopic (exact) mass is 346 g/mol. The van der Waals surface area contributed by atoms with Crippen LogP contribution in [0.15, 0.2) is 10.9 Å². The fraction of sp³-hybridized carbons (Fsp3) is 0.789. The number of nitrogens with one attached hydrogen (secondary N) is 1. The van der Waals surface area contributed by atoms with Gasteiger partial charge in [0.25, 0.3) is 5.56 Å². The molecule has 1 saturated carbocycles. The number of anilines is 1. The maximum Gasteiger partial charge on any atom is 0.252 e. The summed E-state index contributed by atoms with van der Waals surface area (Å²) in [6.07, 6.45) is 7.94. The topological polar surface area (TPSA) is 61.5 Å². The highest BCUT2D eigenvalue weighted by atomic mass is 16.5. The lowest BCUT2D eigenvalue weighted by atomic mass is 9.93.